The SMILES string of the molecule is CC(CC1C(=O)C2CCN1CC2)(C(=O)O)C(=O)O. The molecule has 0 saturated carbocycles. The molecule has 3 rings (SSSR count). The first-order chi connectivity index (χ1) is 8.36. The number of rotatable bonds is 4. The third-order valence-corrected chi connectivity index (χ3v) is 4.25. The Labute approximate surface area is 105 Å². The van der Waals surface area contributed by atoms with E-state index in [-0.39, 0.29) is 18.1 Å². The molecule has 3 aliphatic rings. The van der Waals surface area contributed by atoms with E-state index >= 15 is 0 Å². The summed E-state index contributed by atoms with van der Waals surface area (Å²) in [5, 5.41) is 18.2. The summed E-state index contributed by atoms with van der Waals surface area (Å²) in [5.41, 5.74) is -1.89. The smallest absolute Gasteiger partial charge is 0.320 e. The summed E-state index contributed by atoms with van der Waals surface area (Å²) in [7, 11) is 0. The minimum Gasteiger partial charge on any atom is -0.480 e. The van der Waals surface area contributed by atoms with Crippen molar-refractivity contribution in [2.75, 3.05) is 13.1 Å². The van der Waals surface area contributed by atoms with Crippen molar-refractivity contribution in [2.24, 2.45) is 11.3 Å². The maximum Gasteiger partial charge on any atom is 0.320 e. The second-order valence-corrected chi connectivity index (χ2v) is 5.37. The lowest BCUT2D eigenvalue weighted by atomic mass is 9.74. The normalized spacial score (nSPS) is 31.4. The van der Waals surface area contributed by atoms with Crippen molar-refractivity contribution in [3.05, 3.63) is 0 Å². The predicted octanol–water partition coefficient (Wildman–Crippen LogP) is 0.215. The minimum atomic E-state index is -1.89. The highest BCUT2D eigenvalue weighted by Gasteiger charge is 2.49. The van der Waals surface area contributed by atoms with Gasteiger partial charge in [0.15, 0.2) is 11.2 Å². The molecule has 0 spiro atoms. The molecule has 6 nitrogen and oxygen atoms in total. The van der Waals surface area contributed by atoms with Gasteiger partial charge in [-0.1, -0.05) is 0 Å². The summed E-state index contributed by atoms with van der Waals surface area (Å²) in [4.78, 5) is 36.3. The van der Waals surface area contributed by atoms with Crippen LogP contribution in [0.3, 0.4) is 0 Å². The van der Waals surface area contributed by atoms with Crippen molar-refractivity contribution in [3.63, 3.8) is 0 Å². The van der Waals surface area contributed by atoms with Crippen LogP contribution in [-0.4, -0.2) is 52.0 Å². The zero-order valence-corrected chi connectivity index (χ0v) is 10.3. The molecule has 1 atom stereocenters. The van der Waals surface area contributed by atoms with Gasteiger partial charge in [0.1, 0.15) is 0 Å². The first-order valence-electron chi connectivity index (χ1n) is 6.11. The van der Waals surface area contributed by atoms with Crippen LogP contribution in [-0.2, 0) is 14.4 Å². The van der Waals surface area contributed by atoms with E-state index in [4.69, 9.17) is 10.2 Å². The summed E-state index contributed by atoms with van der Waals surface area (Å²) in [6, 6.07) is -0.547. The lowest BCUT2D eigenvalue weighted by Gasteiger charge is -2.45. The largest absolute Gasteiger partial charge is 0.480 e. The fourth-order valence-electron chi connectivity index (χ4n) is 2.83. The number of ketones is 1. The number of carboxylic acid groups (broad SMARTS) is 2. The van der Waals surface area contributed by atoms with Crippen molar-refractivity contribution < 1.29 is 24.6 Å². The monoisotopic (exact) mass is 255 g/mol. The second-order valence-electron chi connectivity index (χ2n) is 5.37. The van der Waals surface area contributed by atoms with Crippen molar-refractivity contribution in [1.29, 1.82) is 0 Å². The summed E-state index contributed by atoms with van der Waals surface area (Å²) in [6.07, 6.45) is 1.48. The summed E-state index contributed by atoms with van der Waals surface area (Å²) >= 11 is 0. The van der Waals surface area contributed by atoms with E-state index in [0.29, 0.717) is 0 Å². The molecule has 0 amide bonds. The second kappa shape index (κ2) is 4.35. The molecular formula is C12H17NO5. The fourth-order valence-corrected chi connectivity index (χ4v) is 2.83. The highest BCUT2D eigenvalue weighted by atomic mass is 16.4. The van der Waals surface area contributed by atoms with Crippen LogP contribution < -0.4 is 0 Å². The number of hydrogen-bond acceptors (Lipinski definition) is 4. The molecule has 3 fully saturated rings. The standard InChI is InChI=1S/C12H17NO5/c1-12(10(15)16,11(17)18)6-8-9(14)7-2-4-13(8)5-3-7/h7-8H,2-6H2,1H3,(H,15,16)(H,17,18). The maximum absolute atomic E-state index is 12.1. The van der Waals surface area contributed by atoms with Gasteiger partial charge < -0.3 is 10.2 Å². The third kappa shape index (κ3) is 1.90. The average molecular weight is 255 g/mol. The number of nitrogens with zero attached hydrogens (tertiary/aromatic N) is 1. The molecular weight excluding hydrogens is 238 g/mol. The molecule has 0 aromatic rings. The van der Waals surface area contributed by atoms with E-state index in [1.807, 2.05) is 4.90 Å². The average Bonchev–Trinajstić information content (AvgIpc) is 2.33. The Hall–Kier alpha value is -1.43. The number of carbonyl (C=O) groups is 3. The lowest BCUT2D eigenvalue weighted by molar-refractivity contribution is -0.166. The maximum atomic E-state index is 12.1. The van der Waals surface area contributed by atoms with Gasteiger partial charge in [-0.05, 0) is 39.3 Å². The predicted molar refractivity (Wildman–Crippen MR) is 61.1 cm³/mol. The molecule has 3 saturated heterocycles. The van der Waals surface area contributed by atoms with Crippen molar-refractivity contribution in [3.8, 4) is 0 Å². The van der Waals surface area contributed by atoms with Gasteiger partial charge in [-0.3, -0.25) is 19.3 Å². The number of hydrogen-bond donors (Lipinski definition) is 2. The molecule has 2 bridgehead atoms. The Balaban J connectivity index is 2.20. The first kappa shape index (κ1) is 13.0. The Kier molecular flexibility index (Phi) is 3.14. The number of carboxylic acids is 2. The van der Waals surface area contributed by atoms with Gasteiger partial charge in [0.25, 0.3) is 0 Å². The van der Waals surface area contributed by atoms with Gasteiger partial charge in [-0.2, -0.15) is 0 Å². The van der Waals surface area contributed by atoms with Crippen LogP contribution in [0.1, 0.15) is 26.2 Å². The van der Waals surface area contributed by atoms with Crippen LogP contribution in [0.25, 0.3) is 0 Å². The van der Waals surface area contributed by atoms with Gasteiger partial charge in [-0.25, -0.2) is 0 Å². The Morgan fingerprint density at radius 2 is 1.78 bits per heavy atom. The molecule has 18 heavy (non-hydrogen) atoms. The minimum absolute atomic E-state index is 0.00756. The van der Waals surface area contributed by atoms with Crippen molar-refractivity contribution in [2.45, 2.75) is 32.2 Å². The molecule has 1 unspecified atom stereocenters. The number of Topliss-reactive ketones (excluding diaryl/α,β-unsaturated/α-hetero) is 1. The molecule has 3 heterocycles. The number of piperidine rings is 3. The number of fused-ring (bicyclic) bond motifs is 3. The van der Waals surface area contributed by atoms with Gasteiger partial charge in [0.05, 0.1) is 6.04 Å². The molecule has 100 valence electrons. The number of aliphatic carboxylic acids is 2. The molecule has 2 N–H and O–H groups in total. The quantitative estimate of drug-likeness (QED) is 0.697. The lowest BCUT2D eigenvalue weighted by Crippen LogP contribution is -2.58. The Morgan fingerprint density at radius 3 is 2.17 bits per heavy atom. The van der Waals surface area contributed by atoms with Gasteiger partial charge in [-0.15, -0.1) is 0 Å². The van der Waals surface area contributed by atoms with E-state index in [1.54, 1.807) is 0 Å². The van der Waals surface area contributed by atoms with Crippen LogP contribution in [0.15, 0.2) is 0 Å². The van der Waals surface area contributed by atoms with Crippen LogP contribution in [0.4, 0.5) is 0 Å². The first-order valence-corrected chi connectivity index (χ1v) is 6.11. The number of carbonyl (C=O) groups excluding carboxylic acids is 1. The van der Waals surface area contributed by atoms with Crippen LogP contribution >= 0.6 is 0 Å². The van der Waals surface area contributed by atoms with E-state index < -0.39 is 23.4 Å². The van der Waals surface area contributed by atoms with E-state index in [9.17, 15) is 14.4 Å². The van der Waals surface area contributed by atoms with Crippen molar-refractivity contribution in [1.82, 2.24) is 4.90 Å². The summed E-state index contributed by atoms with van der Waals surface area (Å²) in [6.45, 7) is 2.70. The zero-order chi connectivity index (χ0) is 13.5. The third-order valence-electron chi connectivity index (χ3n) is 4.25. The van der Waals surface area contributed by atoms with Crippen LogP contribution in [0, 0.1) is 11.3 Å². The molecule has 0 aromatic heterocycles. The van der Waals surface area contributed by atoms with E-state index in [2.05, 4.69) is 0 Å². The molecule has 0 radical (unpaired) electrons. The molecule has 3 aliphatic heterocycles. The Morgan fingerprint density at radius 1 is 1.28 bits per heavy atom. The topological polar surface area (TPSA) is 94.9 Å². The summed E-state index contributed by atoms with van der Waals surface area (Å²) < 4.78 is 0. The van der Waals surface area contributed by atoms with Gasteiger partial charge in [0, 0.05) is 5.92 Å². The highest BCUT2D eigenvalue weighted by Crippen LogP contribution is 2.35. The van der Waals surface area contributed by atoms with E-state index in [0.717, 1.165) is 25.9 Å². The highest BCUT2D eigenvalue weighted by molar-refractivity contribution is 5.99. The molecule has 0 aliphatic carbocycles. The molecule has 0 aromatic carbocycles. The molecule has 6 heteroatoms. The van der Waals surface area contributed by atoms with Crippen LogP contribution in [0.2, 0.25) is 0 Å². The van der Waals surface area contributed by atoms with Gasteiger partial charge >= 0.3 is 11.9 Å². The van der Waals surface area contributed by atoms with Crippen molar-refractivity contribution >= 4 is 17.7 Å². The van der Waals surface area contributed by atoms with Gasteiger partial charge in [0.2, 0.25) is 0 Å². The fraction of sp³-hybridized carbons (Fsp3) is 0.750. The van der Waals surface area contributed by atoms with E-state index in [1.165, 1.54) is 6.92 Å². The zero-order valence-electron chi connectivity index (χ0n) is 10.3. The summed E-state index contributed by atoms with van der Waals surface area (Å²) in [5.74, 6) is -2.76. The van der Waals surface area contributed by atoms with Crippen LogP contribution in [0.5, 0.6) is 0 Å². The Bertz CT molecular complexity index is 383.